The molecule has 0 aliphatic carbocycles. The Labute approximate surface area is 104 Å². The number of aldehydes is 1. The van der Waals surface area contributed by atoms with Crippen LogP contribution in [0.25, 0.3) is 16.7 Å². The van der Waals surface area contributed by atoms with Crippen LogP contribution < -0.4 is 0 Å². The van der Waals surface area contributed by atoms with Crippen molar-refractivity contribution >= 4 is 17.3 Å². The number of hydrogen-bond acceptors (Lipinski definition) is 3. The number of para-hydroxylation sites is 1. The summed E-state index contributed by atoms with van der Waals surface area (Å²) in [5.41, 5.74) is 3.25. The van der Waals surface area contributed by atoms with Crippen molar-refractivity contribution in [1.29, 1.82) is 0 Å². The van der Waals surface area contributed by atoms with E-state index in [1.807, 2.05) is 37.3 Å². The second kappa shape index (κ2) is 4.07. The van der Waals surface area contributed by atoms with Crippen molar-refractivity contribution in [2.24, 2.45) is 0 Å². The molecule has 0 fully saturated rings. The smallest absolute Gasteiger partial charge is 0.163 e. The number of aromatic nitrogens is 3. The Balaban J connectivity index is 2.28. The molecule has 88 valence electrons. The van der Waals surface area contributed by atoms with Gasteiger partial charge in [-0.1, -0.05) is 18.2 Å². The molecule has 4 nitrogen and oxygen atoms in total. The number of benzene rings is 1. The number of pyridine rings is 1. The molecule has 0 atom stereocenters. The van der Waals surface area contributed by atoms with Crippen molar-refractivity contribution in [2.45, 2.75) is 6.92 Å². The number of hydrogen-bond donors (Lipinski definition) is 0. The molecule has 0 saturated carbocycles. The average molecular weight is 237 g/mol. The molecule has 4 heteroatoms. The van der Waals surface area contributed by atoms with E-state index >= 15 is 0 Å². The molecule has 3 aromatic rings. The Morgan fingerprint density at radius 3 is 2.67 bits per heavy atom. The first-order chi connectivity index (χ1) is 8.81. The molecular formula is C14H11N3O. The van der Waals surface area contributed by atoms with Gasteiger partial charge in [0.2, 0.25) is 0 Å². The van der Waals surface area contributed by atoms with Gasteiger partial charge in [-0.05, 0) is 24.6 Å². The van der Waals surface area contributed by atoms with Gasteiger partial charge in [-0.25, -0.2) is 9.67 Å². The zero-order valence-corrected chi connectivity index (χ0v) is 9.87. The maximum Gasteiger partial charge on any atom is 0.163 e. The van der Waals surface area contributed by atoms with Gasteiger partial charge < -0.3 is 0 Å². The number of fused-ring (bicyclic) bond motifs is 1. The lowest BCUT2D eigenvalue weighted by Crippen LogP contribution is -1.98. The third-order valence-electron chi connectivity index (χ3n) is 3.03. The third kappa shape index (κ3) is 1.50. The van der Waals surface area contributed by atoms with Crippen molar-refractivity contribution in [3.63, 3.8) is 0 Å². The predicted molar refractivity (Wildman–Crippen MR) is 69.0 cm³/mol. The van der Waals surface area contributed by atoms with Gasteiger partial charge in [-0.2, -0.15) is 5.10 Å². The number of carbonyl (C=O) groups is 1. The van der Waals surface area contributed by atoms with Gasteiger partial charge in [0.05, 0.1) is 11.9 Å². The lowest BCUT2D eigenvalue weighted by Gasteiger charge is -2.03. The van der Waals surface area contributed by atoms with Crippen molar-refractivity contribution < 1.29 is 4.79 Å². The quantitative estimate of drug-likeness (QED) is 0.643. The maximum absolute atomic E-state index is 10.9. The predicted octanol–water partition coefficient (Wildman–Crippen LogP) is 2.54. The fourth-order valence-corrected chi connectivity index (χ4v) is 1.99. The van der Waals surface area contributed by atoms with E-state index in [0.29, 0.717) is 5.56 Å². The summed E-state index contributed by atoms with van der Waals surface area (Å²) in [6.07, 6.45) is 4.16. The fraction of sp³-hybridized carbons (Fsp3) is 0.0714. The molecule has 0 unspecified atom stereocenters. The van der Waals surface area contributed by atoms with Crippen LogP contribution in [0.4, 0.5) is 0 Å². The number of carbonyl (C=O) groups excluding carboxylic acids is 1. The van der Waals surface area contributed by atoms with E-state index in [9.17, 15) is 4.79 Å². The van der Waals surface area contributed by atoms with Gasteiger partial charge in [-0.3, -0.25) is 4.79 Å². The largest absolute Gasteiger partial charge is 0.298 e. The minimum Gasteiger partial charge on any atom is -0.298 e. The van der Waals surface area contributed by atoms with Crippen molar-refractivity contribution in [1.82, 2.24) is 14.8 Å². The molecule has 0 aliphatic rings. The molecule has 3 rings (SSSR count). The second-order valence-electron chi connectivity index (χ2n) is 4.09. The number of aryl methyl sites for hydroxylation is 1. The molecule has 18 heavy (non-hydrogen) atoms. The summed E-state index contributed by atoms with van der Waals surface area (Å²) in [7, 11) is 0. The molecule has 2 aromatic heterocycles. The Hall–Kier alpha value is -2.49. The summed E-state index contributed by atoms with van der Waals surface area (Å²) < 4.78 is 1.77. The third-order valence-corrected chi connectivity index (χ3v) is 3.03. The molecular weight excluding hydrogens is 226 g/mol. The Morgan fingerprint density at radius 2 is 1.94 bits per heavy atom. The fourth-order valence-electron chi connectivity index (χ4n) is 1.99. The van der Waals surface area contributed by atoms with Crippen LogP contribution in [-0.2, 0) is 0 Å². The zero-order chi connectivity index (χ0) is 12.5. The topological polar surface area (TPSA) is 47.8 Å². The van der Waals surface area contributed by atoms with E-state index < -0.39 is 0 Å². The molecule has 2 heterocycles. The SMILES string of the molecule is Cc1c(C=O)cnc2c1cnn2-c1ccccc1. The highest BCUT2D eigenvalue weighted by molar-refractivity contribution is 5.88. The van der Waals surface area contributed by atoms with E-state index in [-0.39, 0.29) is 0 Å². The first-order valence-corrected chi connectivity index (χ1v) is 5.65. The summed E-state index contributed by atoms with van der Waals surface area (Å²) >= 11 is 0. The summed E-state index contributed by atoms with van der Waals surface area (Å²) in [6.45, 7) is 1.91. The van der Waals surface area contributed by atoms with Gasteiger partial charge >= 0.3 is 0 Å². The van der Waals surface area contributed by atoms with E-state index in [0.717, 1.165) is 28.6 Å². The molecule has 0 spiro atoms. The summed E-state index contributed by atoms with van der Waals surface area (Å²) in [6, 6.07) is 9.80. The molecule has 0 bridgehead atoms. The molecule has 0 amide bonds. The summed E-state index contributed by atoms with van der Waals surface area (Å²) in [5.74, 6) is 0. The van der Waals surface area contributed by atoms with E-state index in [1.165, 1.54) is 0 Å². The van der Waals surface area contributed by atoms with Crippen LogP contribution in [0.3, 0.4) is 0 Å². The summed E-state index contributed by atoms with van der Waals surface area (Å²) in [5, 5.41) is 5.25. The maximum atomic E-state index is 10.9. The lowest BCUT2D eigenvalue weighted by molar-refractivity contribution is 0.112. The minimum atomic E-state index is 0.607. The van der Waals surface area contributed by atoms with Crippen LogP contribution in [0, 0.1) is 6.92 Å². The van der Waals surface area contributed by atoms with Gasteiger partial charge in [0.15, 0.2) is 11.9 Å². The van der Waals surface area contributed by atoms with Gasteiger partial charge in [-0.15, -0.1) is 0 Å². The van der Waals surface area contributed by atoms with Crippen molar-refractivity contribution in [3.8, 4) is 5.69 Å². The lowest BCUT2D eigenvalue weighted by atomic mass is 10.1. The molecule has 0 N–H and O–H groups in total. The number of rotatable bonds is 2. The number of nitrogens with zero attached hydrogens (tertiary/aromatic N) is 3. The highest BCUT2D eigenvalue weighted by atomic mass is 16.1. The second-order valence-corrected chi connectivity index (χ2v) is 4.09. The monoisotopic (exact) mass is 237 g/mol. The van der Waals surface area contributed by atoms with Crippen LogP contribution >= 0.6 is 0 Å². The molecule has 1 aromatic carbocycles. The normalized spacial score (nSPS) is 10.7. The van der Waals surface area contributed by atoms with E-state index in [4.69, 9.17) is 0 Å². The van der Waals surface area contributed by atoms with Crippen LogP contribution in [0.2, 0.25) is 0 Å². The highest BCUT2D eigenvalue weighted by Crippen LogP contribution is 2.20. The van der Waals surface area contributed by atoms with Gasteiger partial charge in [0.25, 0.3) is 0 Å². The van der Waals surface area contributed by atoms with Crippen LogP contribution in [0.5, 0.6) is 0 Å². The van der Waals surface area contributed by atoms with Crippen molar-refractivity contribution in [3.05, 3.63) is 53.9 Å². The summed E-state index contributed by atoms with van der Waals surface area (Å²) in [4.78, 5) is 15.2. The van der Waals surface area contributed by atoms with Crippen LogP contribution in [-0.4, -0.2) is 21.1 Å². The highest BCUT2D eigenvalue weighted by Gasteiger charge is 2.10. The minimum absolute atomic E-state index is 0.607. The molecule has 0 aliphatic heterocycles. The van der Waals surface area contributed by atoms with Crippen LogP contribution in [0.15, 0.2) is 42.7 Å². The van der Waals surface area contributed by atoms with Gasteiger partial charge in [0.1, 0.15) is 0 Å². The van der Waals surface area contributed by atoms with E-state index in [2.05, 4.69) is 10.1 Å². The zero-order valence-electron chi connectivity index (χ0n) is 9.87. The first kappa shape index (κ1) is 10.7. The Kier molecular flexibility index (Phi) is 2.41. The molecule has 0 radical (unpaired) electrons. The van der Waals surface area contributed by atoms with Crippen LogP contribution in [0.1, 0.15) is 15.9 Å². The van der Waals surface area contributed by atoms with E-state index in [1.54, 1.807) is 17.1 Å². The van der Waals surface area contributed by atoms with Gasteiger partial charge in [0, 0.05) is 17.1 Å². The standard InChI is InChI=1S/C14H11N3O/c1-10-11(9-18)7-15-14-13(10)8-16-17(14)12-5-3-2-4-6-12/h2-9H,1H3. The Morgan fingerprint density at radius 1 is 1.17 bits per heavy atom. The first-order valence-electron chi connectivity index (χ1n) is 5.65. The average Bonchev–Trinajstić information content (AvgIpc) is 2.85. The Bertz CT molecular complexity index is 716. The molecule has 0 saturated heterocycles. The van der Waals surface area contributed by atoms with Crippen molar-refractivity contribution in [2.75, 3.05) is 0 Å².